The molecule has 3 heterocycles. The number of alkyl halides is 3. The van der Waals surface area contributed by atoms with Gasteiger partial charge in [0, 0.05) is 24.6 Å². The second-order valence-electron chi connectivity index (χ2n) is 7.45. The van der Waals surface area contributed by atoms with Gasteiger partial charge in [-0.05, 0) is 25.0 Å². The number of nitrogens with zero attached hydrogens (tertiary/aromatic N) is 5. The fourth-order valence-electron chi connectivity index (χ4n) is 3.66. The summed E-state index contributed by atoms with van der Waals surface area (Å²) in [5.41, 5.74) is 1.45. The SMILES string of the molecule is CN1CC2(CC2)COc2c1c(Cl)nn1c(-c3cccc(OC(F)(F)F)c3)nnc21. The van der Waals surface area contributed by atoms with Crippen LogP contribution in [0.2, 0.25) is 5.15 Å². The molecule has 7 nitrogen and oxygen atoms in total. The van der Waals surface area contributed by atoms with Crippen molar-refractivity contribution in [3.63, 3.8) is 0 Å². The number of halogens is 4. The smallest absolute Gasteiger partial charge is 0.487 e. The van der Waals surface area contributed by atoms with Gasteiger partial charge in [0.05, 0.1) is 6.61 Å². The molecule has 0 radical (unpaired) electrons. The monoisotopic (exact) mass is 425 g/mol. The Morgan fingerprint density at radius 2 is 2.03 bits per heavy atom. The summed E-state index contributed by atoms with van der Waals surface area (Å²) in [6.07, 6.45) is -2.63. The molecule has 3 aromatic rings. The summed E-state index contributed by atoms with van der Waals surface area (Å²) in [4.78, 5) is 2.01. The lowest BCUT2D eigenvalue weighted by Crippen LogP contribution is -2.27. The van der Waals surface area contributed by atoms with Crippen LogP contribution in [0.4, 0.5) is 18.9 Å². The molecule has 1 aliphatic heterocycles. The van der Waals surface area contributed by atoms with E-state index >= 15 is 0 Å². The van der Waals surface area contributed by atoms with E-state index < -0.39 is 6.36 Å². The Balaban J connectivity index is 1.61. The van der Waals surface area contributed by atoms with Crippen LogP contribution >= 0.6 is 11.6 Å². The van der Waals surface area contributed by atoms with Gasteiger partial charge in [-0.3, -0.25) is 0 Å². The van der Waals surface area contributed by atoms with Crippen molar-refractivity contribution in [2.45, 2.75) is 19.2 Å². The van der Waals surface area contributed by atoms with E-state index in [0.717, 1.165) is 19.4 Å². The van der Waals surface area contributed by atoms with E-state index in [4.69, 9.17) is 16.3 Å². The minimum Gasteiger partial charge on any atom is -0.487 e. The fourth-order valence-corrected chi connectivity index (χ4v) is 3.96. The van der Waals surface area contributed by atoms with E-state index in [1.165, 1.54) is 22.7 Å². The molecule has 1 aliphatic carbocycles. The molecular formula is C18H15ClF3N5O2. The fraction of sp³-hybridized carbons (Fsp3) is 0.389. The summed E-state index contributed by atoms with van der Waals surface area (Å²) in [5.74, 6) is 0.339. The van der Waals surface area contributed by atoms with Gasteiger partial charge in [0.25, 0.3) is 0 Å². The summed E-state index contributed by atoms with van der Waals surface area (Å²) in [6, 6.07) is 5.45. The summed E-state index contributed by atoms with van der Waals surface area (Å²) in [6.45, 7) is 1.34. The molecule has 0 saturated heterocycles. The third-order valence-electron chi connectivity index (χ3n) is 5.20. The molecule has 152 valence electrons. The normalized spacial score (nSPS) is 17.8. The number of fused-ring (bicyclic) bond motifs is 3. The average Bonchev–Trinajstić information content (AvgIpc) is 3.30. The van der Waals surface area contributed by atoms with Crippen LogP contribution in [0.1, 0.15) is 12.8 Å². The Hall–Kier alpha value is -2.75. The predicted molar refractivity (Wildman–Crippen MR) is 98.3 cm³/mol. The van der Waals surface area contributed by atoms with Crippen molar-refractivity contribution in [3.8, 4) is 22.9 Å². The third kappa shape index (κ3) is 3.21. The molecule has 0 atom stereocenters. The van der Waals surface area contributed by atoms with Crippen molar-refractivity contribution in [1.82, 2.24) is 19.8 Å². The molecule has 29 heavy (non-hydrogen) atoms. The molecular weight excluding hydrogens is 411 g/mol. The van der Waals surface area contributed by atoms with E-state index in [1.807, 2.05) is 11.9 Å². The van der Waals surface area contributed by atoms with Crippen LogP contribution in [0.5, 0.6) is 11.5 Å². The lowest BCUT2D eigenvalue weighted by molar-refractivity contribution is -0.274. The van der Waals surface area contributed by atoms with Crippen LogP contribution in [0.15, 0.2) is 24.3 Å². The van der Waals surface area contributed by atoms with E-state index in [9.17, 15) is 13.2 Å². The van der Waals surface area contributed by atoms with Gasteiger partial charge < -0.3 is 14.4 Å². The highest BCUT2D eigenvalue weighted by atomic mass is 35.5. The lowest BCUT2D eigenvalue weighted by atomic mass is 10.1. The van der Waals surface area contributed by atoms with Crippen LogP contribution in [0, 0.1) is 5.41 Å². The Bertz CT molecular complexity index is 1110. The van der Waals surface area contributed by atoms with Crippen LogP contribution in [-0.2, 0) is 0 Å². The van der Waals surface area contributed by atoms with Crippen molar-refractivity contribution in [2.24, 2.45) is 5.41 Å². The maximum atomic E-state index is 12.5. The molecule has 1 aromatic carbocycles. The van der Waals surface area contributed by atoms with Gasteiger partial charge in [0.1, 0.15) is 11.4 Å². The van der Waals surface area contributed by atoms with Crippen molar-refractivity contribution in [3.05, 3.63) is 29.4 Å². The Labute approximate surface area is 168 Å². The molecule has 2 aromatic heterocycles. The summed E-state index contributed by atoms with van der Waals surface area (Å²) in [7, 11) is 1.92. The van der Waals surface area contributed by atoms with E-state index in [1.54, 1.807) is 6.07 Å². The first-order valence-corrected chi connectivity index (χ1v) is 9.28. The van der Waals surface area contributed by atoms with Gasteiger partial charge in [-0.15, -0.1) is 28.5 Å². The van der Waals surface area contributed by atoms with E-state index in [2.05, 4.69) is 20.0 Å². The summed E-state index contributed by atoms with van der Waals surface area (Å²) in [5, 5.41) is 12.9. The zero-order chi connectivity index (χ0) is 20.4. The largest absolute Gasteiger partial charge is 0.573 e. The number of anilines is 1. The molecule has 0 unspecified atom stereocenters. The highest BCUT2D eigenvalue weighted by Gasteiger charge is 2.47. The Morgan fingerprint density at radius 1 is 1.24 bits per heavy atom. The van der Waals surface area contributed by atoms with Gasteiger partial charge >= 0.3 is 6.36 Å². The number of hydrogen-bond acceptors (Lipinski definition) is 6. The summed E-state index contributed by atoms with van der Waals surface area (Å²) >= 11 is 6.45. The number of ether oxygens (including phenoxy) is 2. The molecule has 5 rings (SSSR count). The molecule has 1 fully saturated rings. The molecule has 2 aliphatic rings. The average molecular weight is 426 g/mol. The van der Waals surface area contributed by atoms with Crippen LogP contribution in [-0.4, -0.2) is 46.4 Å². The first kappa shape index (κ1) is 18.3. The number of aromatic nitrogens is 4. The predicted octanol–water partition coefficient (Wildman–Crippen LogP) is 3.95. The Morgan fingerprint density at radius 3 is 2.76 bits per heavy atom. The Kier molecular flexibility index (Phi) is 3.86. The number of hydrogen-bond donors (Lipinski definition) is 0. The van der Waals surface area contributed by atoms with Gasteiger partial charge in [0.2, 0.25) is 5.65 Å². The number of rotatable bonds is 2. The highest BCUT2D eigenvalue weighted by molar-refractivity contribution is 6.32. The maximum absolute atomic E-state index is 12.5. The number of benzene rings is 1. The minimum absolute atomic E-state index is 0.111. The van der Waals surface area contributed by atoms with E-state index in [0.29, 0.717) is 29.3 Å². The lowest BCUT2D eigenvalue weighted by Gasteiger charge is -2.21. The van der Waals surface area contributed by atoms with Crippen LogP contribution in [0.25, 0.3) is 17.0 Å². The van der Waals surface area contributed by atoms with Gasteiger partial charge in [-0.2, -0.15) is 4.52 Å². The van der Waals surface area contributed by atoms with Crippen LogP contribution < -0.4 is 14.4 Å². The quantitative estimate of drug-likeness (QED) is 0.619. The molecule has 0 bridgehead atoms. The van der Waals surface area contributed by atoms with Crippen molar-refractivity contribution in [2.75, 3.05) is 25.1 Å². The molecule has 1 spiro atoms. The third-order valence-corrected chi connectivity index (χ3v) is 5.46. The topological polar surface area (TPSA) is 64.8 Å². The second-order valence-corrected chi connectivity index (χ2v) is 7.81. The first-order chi connectivity index (χ1) is 13.7. The maximum Gasteiger partial charge on any atom is 0.573 e. The highest BCUT2D eigenvalue weighted by Crippen LogP contribution is 2.51. The van der Waals surface area contributed by atoms with E-state index in [-0.39, 0.29) is 22.1 Å². The molecule has 0 amide bonds. The zero-order valence-corrected chi connectivity index (χ0v) is 16.0. The zero-order valence-electron chi connectivity index (χ0n) is 15.2. The van der Waals surface area contributed by atoms with Crippen molar-refractivity contribution < 1.29 is 22.6 Å². The molecule has 11 heteroatoms. The second kappa shape index (κ2) is 6.12. The summed E-state index contributed by atoms with van der Waals surface area (Å²) < 4.78 is 49.1. The minimum atomic E-state index is -4.79. The van der Waals surface area contributed by atoms with Crippen molar-refractivity contribution >= 4 is 22.9 Å². The van der Waals surface area contributed by atoms with Gasteiger partial charge in [-0.1, -0.05) is 23.7 Å². The first-order valence-electron chi connectivity index (χ1n) is 8.90. The van der Waals surface area contributed by atoms with Crippen LogP contribution in [0.3, 0.4) is 0 Å². The molecule has 0 N–H and O–H groups in total. The standard InChI is InChI=1S/C18H15ClF3N5O2/c1-26-8-17(5-6-17)9-28-13-12(26)14(19)25-27-15(23-24-16(13)27)10-3-2-4-11(7-10)29-18(20,21)22/h2-4,7H,5-6,8-9H2,1H3. The van der Waals surface area contributed by atoms with Crippen molar-refractivity contribution in [1.29, 1.82) is 0 Å². The van der Waals surface area contributed by atoms with Gasteiger partial charge in [0.15, 0.2) is 16.7 Å². The van der Waals surface area contributed by atoms with Gasteiger partial charge in [-0.25, -0.2) is 0 Å². The molecule has 1 saturated carbocycles.